The third kappa shape index (κ3) is 6.72. The van der Waals surface area contributed by atoms with Gasteiger partial charge in [0.1, 0.15) is 4.34 Å². The van der Waals surface area contributed by atoms with Gasteiger partial charge in [-0.3, -0.25) is 4.99 Å². The van der Waals surface area contributed by atoms with E-state index in [1.807, 2.05) is 30.4 Å². The summed E-state index contributed by atoms with van der Waals surface area (Å²) in [4.78, 5) is 10.8. The molecular weight excluding hydrogens is 441 g/mol. The molecule has 2 aromatic heterocycles. The molecule has 0 saturated carbocycles. The van der Waals surface area contributed by atoms with Gasteiger partial charge in [-0.25, -0.2) is 4.98 Å². The smallest absolute Gasteiger partial charge is 0.193 e. The summed E-state index contributed by atoms with van der Waals surface area (Å²) in [5.41, 5.74) is 1.27. The van der Waals surface area contributed by atoms with Crippen LogP contribution in [0.1, 0.15) is 12.1 Å². The maximum atomic E-state index is 4.35. The Bertz CT molecular complexity index is 582. The van der Waals surface area contributed by atoms with E-state index < -0.39 is 0 Å². The Morgan fingerprint density at radius 3 is 2.96 bits per heavy atom. The van der Waals surface area contributed by atoms with E-state index in [1.54, 1.807) is 11.3 Å². The van der Waals surface area contributed by atoms with Gasteiger partial charge in [0.05, 0.1) is 6.54 Å². The van der Waals surface area contributed by atoms with E-state index in [4.69, 9.17) is 0 Å². The van der Waals surface area contributed by atoms with Crippen molar-refractivity contribution in [3.63, 3.8) is 0 Å². The molecule has 0 aliphatic rings. The van der Waals surface area contributed by atoms with Crippen LogP contribution in [-0.4, -0.2) is 46.8 Å². The molecule has 23 heavy (non-hydrogen) atoms. The first-order valence-corrected chi connectivity index (χ1v) is 9.11. The fourth-order valence-electron chi connectivity index (χ4n) is 2.08. The van der Waals surface area contributed by atoms with E-state index in [-0.39, 0.29) is 24.0 Å². The molecule has 0 aromatic carbocycles. The number of hydrogen-bond donors (Lipinski definition) is 1. The van der Waals surface area contributed by atoms with Gasteiger partial charge in [-0.05, 0) is 18.6 Å². The predicted octanol–water partition coefficient (Wildman–Crippen LogP) is 3.29. The summed E-state index contributed by atoms with van der Waals surface area (Å²) in [7, 11) is 5.95. The van der Waals surface area contributed by atoms with Crippen molar-refractivity contribution in [2.75, 3.05) is 26.4 Å². The summed E-state index contributed by atoms with van der Waals surface area (Å²) in [6.07, 6.45) is 5.00. The quantitative estimate of drug-likeness (QED) is 0.224. The minimum atomic E-state index is 0. The number of guanidine groups is 1. The summed E-state index contributed by atoms with van der Waals surface area (Å²) >= 11 is 3.51. The van der Waals surface area contributed by atoms with E-state index in [1.165, 1.54) is 5.69 Å². The standard InChI is InChI=1S/C15H23N5S2.HI/c1-16-14(20(3)12-13-6-4-9-19(13)2)17-7-5-10-21-15-18-8-11-22-15;/h4,6,8-9,11H,5,7,10,12H2,1-3H3,(H,16,17);1H. The van der Waals surface area contributed by atoms with Crippen LogP contribution in [0.2, 0.25) is 0 Å². The molecule has 1 N–H and O–H groups in total. The lowest BCUT2D eigenvalue weighted by Crippen LogP contribution is -2.39. The van der Waals surface area contributed by atoms with Crippen LogP contribution >= 0.6 is 47.1 Å². The van der Waals surface area contributed by atoms with E-state index in [2.05, 4.69) is 57.2 Å². The number of halogens is 1. The van der Waals surface area contributed by atoms with Crippen molar-refractivity contribution in [3.05, 3.63) is 35.6 Å². The molecule has 0 bridgehead atoms. The Morgan fingerprint density at radius 2 is 2.35 bits per heavy atom. The molecule has 128 valence electrons. The molecule has 0 saturated heterocycles. The zero-order valence-corrected chi connectivity index (χ0v) is 17.7. The third-order valence-electron chi connectivity index (χ3n) is 3.26. The van der Waals surface area contributed by atoms with Crippen LogP contribution in [0.3, 0.4) is 0 Å². The Hall–Kier alpha value is -0.740. The number of thiazole rings is 1. The van der Waals surface area contributed by atoms with E-state index in [0.717, 1.165) is 35.6 Å². The van der Waals surface area contributed by atoms with Gasteiger partial charge in [-0.1, -0.05) is 11.8 Å². The second kappa shape index (κ2) is 10.9. The average Bonchev–Trinajstić information content (AvgIpc) is 3.15. The van der Waals surface area contributed by atoms with Crippen LogP contribution in [0, 0.1) is 0 Å². The highest BCUT2D eigenvalue weighted by molar-refractivity contribution is 14.0. The van der Waals surface area contributed by atoms with Gasteiger partial charge < -0.3 is 14.8 Å². The van der Waals surface area contributed by atoms with Crippen molar-refractivity contribution in [2.45, 2.75) is 17.3 Å². The van der Waals surface area contributed by atoms with Crippen molar-refractivity contribution >= 4 is 53.0 Å². The van der Waals surface area contributed by atoms with Crippen molar-refractivity contribution in [1.29, 1.82) is 0 Å². The molecule has 0 fully saturated rings. The van der Waals surface area contributed by atoms with Gasteiger partial charge in [0.15, 0.2) is 5.96 Å². The first-order valence-electron chi connectivity index (χ1n) is 7.25. The molecule has 0 aliphatic heterocycles. The molecule has 0 unspecified atom stereocenters. The number of aryl methyl sites for hydroxylation is 1. The number of aliphatic imine (C=N–C) groups is 1. The van der Waals surface area contributed by atoms with Gasteiger partial charge in [-0.2, -0.15) is 0 Å². The molecule has 2 heterocycles. The van der Waals surface area contributed by atoms with Gasteiger partial charge in [0.2, 0.25) is 0 Å². The number of thioether (sulfide) groups is 1. The highest BCUT2D eigenvalue weighted by Crippen LogP contribution is 2.20. The maximum Gasteiger partial charge on any atom is 0.193 e. The molecular formula is C15H24IN5S2. The number of rotatable bonds is 7. The second-order valence-electron chi connectivity index (χ2n) is 4.94. The lowest BCUT2D eigenvalue weighted by atomic mass is 10.4. The van der Waals surface area contributed by atoms with Crippen LogP contribution in [0.5, 0.6) is 0 Å². The SMILES string of the molecule is CN=C(NCCCSc1nccs1)N(C)Cc1cccn1C.I. The lowest BCUT2D eigenvalue weighted by molar-refractivity contribution is 0.462. The molecule has 0 aliphatic carbocycles. The van der Waals surface area contributed by atoms with Crippen LogP contribution in [0.4, 0.5) is 0 Å². The Balaban J connectivity index is 0.00000264. The third-order valence-corrected chi connectivity index (χ3v) is 5.32. The molecule has 5 nitrogen and oxygen atoms in total. The summed E-state index contributed by atoms with van der Waals surface area (Å²) < 4.78 is 3.28. The maximum absolute atomic E-state index is 4.35. The number of hydrogen-bond acceptors (Lipinski definition) is 4. The first kappa shape index (κ1) is 20.3. The van der Waals surface area contributed by atoms with Gasteiger partial charge in [-0.15, -0.1) is 35.3 Å². The molecule has 2 rings (SSSR count). The minimum Gasteiger partial charge on any atom is -0.356 e. The topological polar surface area (TPSA) is 45.5 Å². The van der Waals surface area contributed by atoms with Crippen LogP contribution < -0.4 is 5.32 Å². The van der Waals surface area contributed by atoms with E-state index in [9.17, 15) is 0 Å². The van der Waals surface area contributed by atoms with Gasteiger partial charge >= 0.3 is 0 Å². The zero-order valence-electron chi connectivity index (χ0n) is 13.7. The van der Waals surface area contributed by atoms with E-state index >= 15 is 0 Å². The average molecular weight is 465 g/mol. The number of nitrogens with one attached hydrogen (secondary N) is 1. The van der Waals surface area contributed by atoms with Crippen molar-refractivity contribution < 1.29 is 0 Å². The first-order chi connectivity index (χ1) is 10.7. The van der Waals surface area contributed by atoms with Gasteiger partial charge in [0.25, 0.3) is 0 Å². The highest BCUT2D eigenvalue weighted by atomic mass is 127. The van der Waals surface area contributed by atoms with Crippen molar-refractivity contribution in [2.24, 2.45) is 12.0 Å². The van der Waals surface area contributed by atoms with Crippen LogP contribution in [0.25, 0.3) is 0 Å². The van der Waals surface area contributed by atoms with Crippen LogP contribution in [0.15, 0.2) is 39.2 Å². The minimum absolute atomic E-state index is 0. The molecule has 0 atom stereocenters. The summed E-state index contributed by atoms with van der Waals surface area (Å²) in [6.45, 7) is 1.76. The Morgan fingerprint density at radius 1 is 1.52 bits per heavy atom. The molecule has 0 amide bonds. The predicted molar refractivity (Wildman–Crippen MR) is 111 cm³/mol. The summed E-state index contributed by atoms with van der Waals surface area (Å²) in [6, 6.07) is 4.20. The molecule has 0 spiro atoms. The number of nitrogens with zero attached hydrogens (tertiary/aromatic N) is 4. The fourth-order valence-corrected chi connectivity index (χ4v) is 3.72. The largest absolute Gasteiger partial charge is 0.356 e. The van der Waals surface area contributed by atoms with E-state index in [0.29, 0.717) is 0 Å². The zero-order chi connectivity index (χ0) is 15.8. The normalized spacial score (nSPS) is 11.2. The molecule has 8 heteroatoms. The van der Waals surface area contributed by atoms with Gasteiger partial charge in [0, 0.05) is 56.9 Å². The fraction of sp³-hybridized carbons (Fsp3) is 0.467. The summed E-state index contributed by atoms with van der Waals surface area (Å²) in [5, 5.41) is 5.43. The van der Waals surface area contributed by atoms with Crippen molar-refractivity contribution in [1.82, 2.24) is 19.8 Å². The Kier molecular flexibility index (Phi) is 9.65. The number of aromatic nitrogens is 2. The molecule has 2 aromatic rings. The lowest BCUT2D eigenvalue weighted by Gasteiger charge is -2.22. The highest BCUT2D eigenvalue weighted by Gasteiger charge is 2.07. The summed E-state index contributed by atoms with van der Waals surface area (Å²) in [5.74, 6) is 2.00. The monoisotopic (exact) mass is 465 g/mol. The molecule has 0 radical (unpaired) electrons. The Labute approximate surface area is 163 Å². The van der Waals surface area contributed by atoms with Crippen LogP contribution in [-0.2, 0) is 13.6 Å². The van der Waals surface area contributed by atoms with Crippen molar-refractivity contribution in [3.8, 4) is 0 Å². The second-order valence-corrected chi connectivity index (χ2v) is 7.18.